The normalized spacial score (nSPS) is 18.9. The number of nitrogens with zero attached hydrogens (tertiary/aromatic N) is 2. The molecule has 3 nitrogen and oxygen atoms in total. The van der Waals surface area contributed by atoms with Gasteiger partial charge < -0.3 is 9.80 Å². The molecule has 1 atom stereocenters. The molecule has 0 N–H and O–H groups in total. The summed E-state index contributed by atoms with van der Waals surface area (Å²) in [6, 6.07) is 10.2. The van der Waals surface area contributed by atoms with Crippen LogP contribution >= 0.6 is 0 Å². The molecule has 1 saturated heterocycles. The van der Waals surface area contributed by atoms with E-state index in [1.54, 1.807) is 0 Å². The van der Waals surface area contributed by atoms with Crippen molar-refractivity contribution < 1.29 is 4.79 Å². The Labute approximate surface area is 116 Å². The molecule has 0 aromatic heterocycles. The van der Waals surface area contributed by atoms with E-state index in [2.05, 4.69) is 31.0 Å². The van der Waals surface area contributed by atoms with Crippen molar-refractivity contribution in [1.29, 1.82) is 0 Å². The third kappa shape index (κ3) is 3.57. The van der Waals surface area contributed by atoms with Gasteiger partial charge in [-0.3, -0.25) is 4.79 Å². The molecule has 1 amide bonds. The van der Waals surface area contributed by atoms with Crippen molar-refractivity contribution >= 4 is 5.91 Å². The molecule has 0 radical (unpaired) electrons. The van der Waals surface area contributed by atoms with Crippen molar-refractivity contribution in [3.8, 4) is 0 Å². The monoisotopic (exact) mass is 260 g/mol. The van der Waals surface area contributed by atoms with Crippen molar-refractivity contribution in [3.05, 3.63) is 35.9 Å². The van der Waals surface area contributed by atoms with Gasteiger partial charge in [-0.25, -0.2) is 0 Å². The fraction of sp³-hybridized carbons (Fsp3) is 0.562. The lowest BCUT2D eigenvalue weighted by molar-refractivity contribution is -0.132. The molecule has 2 rings (SSSR count). The summed E-state index contributed by atoms with van der Waals surface area (Å²) in [5.41, 5.74) is 1.15. The molecular formula is C16H24N2O. The zero-order valence-corrected chi connectivity index (χ0v) is 12.0. The lowest BCUT2D eigenvalue weighted by Crippen LogP contribution is -2.37. The Morgan fingerprint density at radius 3 is 2.58 bits per heavy atom. The Morgan fingerprint density at radius 2 is 1.89 bits per heavy atom. The first-order chi connectivity index (χ1) is 9.22. The van der Waals surface area contributed by atoms with Crippen LogP contribution in [0.15, 0.2) is 30.3 Å². The van der Waals surface area contributed by atoms with E-state index in [1.807, 2.05) is 23.1 Å². The highest BCUT2D eigenvalue weighted by Crippen LogP contribution is 2.22. The van der Waals surface area contributed by atoms with E-state index in [9.17, 15) is 4.79 Å². The molecule has 0 bridgehead atoms. The zero-order valence-electron chi connectivity index (χ0n) is 12.0. The first-order valence-corrected chi connectivity index (χ1v) is 7.24. The van der Waals surface area contributed by atoms with E-state index in [-0.39, 0.29) is 5.92 Å². The lowest BCUT2D eigenvalue weighted by atomic mass is 9.95. The van der Waals surface area contributed by atoms with E-state index in [4.69, 9.17) is 0 Å². The van der Waals surface area contributed by atoms with Gasteiger partial charge in [0.15, 0.2) is 0 Å². The first kappa shape index (κ1) is 14.1. The van der Waals surface area contributed by atoms with Crippen LogP contribution in [0.2, 0.25) is 0 Å². The number of hydrogen-bond donors (Lipinski definition) is 0. The van der Waals surface area contributed by atoms with Crippen LogP contribution < -0.4 is 0 Å². The van der Waals surface area contributed by atoms with Crippen molar-refractivity contribution in [1.82, 2.24) is 9.80 Å². The summed E-state index contributed by atoms with van der Waals surface area (Å²) in [6.45, 7) is 5.92. The van der Waals surface area contributed by atoms with Gasteiger partial charge in [-0.15, -0.1) is 0 Å². The van der Waals surface area contributed by atoms with Gasteiger partial charge in [-0.2, -0.15) is 0 Å². The molecule has 1 fully saturated rings. The van der Waals surface area contributed by atoms with Crippen LogP contribution in [0.25, 0.3) is 0 Å². The van der Waals surface area contributed by atoms with Gasteiger partial charge in [0.2, 0.25) is 5.91 Å². The topological polar surface area (TPSA) is 23.6 Å². The van der Waals surface area contributed by atoms with Crippen LogP contribution in [0.3, 0.4) is 0 Å². The molecular weight excluding hydrogens is 236 g/mol. The summed E-state index contributed by atoms with van der Waals surface area (Å²) >= 11 is 0. The molecule has 0 aliphatic carbocycles. The molecule has 1 aliphatic heterocycles. The van der Waals surface area contributed by atoms with E-state index in [0.29, 0.717) is 5.91 Å². The van der Waals surface area contributed by atoms with E-state index in [1.165, 1.54) is 0 Å². The van der Waals surface area contributed by atoms with Gasteiger partial charge in [-0.05, 0) is 32.0 Å². The van der Waals surface area contributed by atoms with Crippen molar-refractivity contribution in [2.24, 2.45) is 0 Å². The molecule has 1 aromatic rings. The predicted octanol–water partition coefficient (Wildman–Crippen LogP) is 2.34. The first-order valence-electron chi connectivity index (χ1n) is 7.24. The maximum absolute atomic E-state index is 12.7. The van der Waals surface area contributed by atoms with Crippen LogP contribution in [0.5, 0.6) is 0 Å². The second kappa shape index (κ2) is 6.71. The largest absolute Gasteiger partial charge is 0.341 e. The van der Waals surface area contributed by atoms with Crippen LogP contribution in [0, 0.1) is 0 Å². The van der Waals surface area contributed by atoms with Gasteiger partial charge >= 0.3 is 0 Å². The minimum absolute atomic E-state index is 0.0182. The fourth-order valence-electron chi connectivity index (χ4n) is 2.73. The van der Waals surface area contributed by atoms with E-state index >= 15 is 0 Å². The van der Waals surface area contributed by atoms with Crippen molar-refractivity contribution in [3.63, 3.8) is 0 Å². The number of amides is 1. The minimum Gasteiger partial charge on any atom is -0.341 e. The summed E-state index contributed by atoms with van der Waals surface area (Å²) in [4.78, 5) is 17.0. The van der Waals surface area contributed by atoms with Crippen molar-refractivity contribution in [2.45, 2.75) is 25.7 Å². The van der Waals surface area contributed by atoms with Crippen LogP contribution in [0.1, 0.15) is 31.2 Å². The average Bonchev–Trinajstić information content (AvgIpc) is 2.65. The van der Waals surface area contributed by atoms with E-state index < -0.39 is 0 Å². The van der Waals surface area contributed by atoms with Crippen LogP contribution in [0.4, 0.5) is 0 Å². The molecule has 104 valence electrons. The Hall–Kier alpha value is -1.35. The number of rotatable bonds is 3. The third-order valence-corrected chi connectivity index (χ3v) is 3.94. The van der Waals surface area contributed by atoms with Gasteiger partial charge in [0, 0.05) is 19.6 Å². The molecule has 0 saturated carbocycles. The predicted molar refractivity (Wildman–Crippen MR) is 78.2 cm³/mol. The third-order valence-electron chi connectivity index (χ3n) is 3.94. The maximum Gasteiger partial charge on any atom is 0.230 e. The van der Waals surface area contributed by atoms with Gasteiger partial charge in [0.25, 0.3) is 0 Å². The summed E-state index contributed by atoms with van der Waals surface area (Å²) in [7, 11) is 2.13. The lowest BCUT2D eigenvalue weighted by Gasteiger charge is -2.25. The Bertz CT molecular complexity index is 404. The van der Waals surface area contributed by atoms with Crippen LogP contribution in [-0.2, 0) is 4.79 Å². The Balaban J connectivity index is 2.08. The highest BCUT2D eigenvalue weighted by molar-refractivity contribution is 5.83. The highest BCUT2D eigenvalue weighted by atomic mass is 16.2. The molecule has 1 aromatic carbocycles. The average molecular weight is 260 g/mol. The summed E-state index contributed by atoms with van der Waals surface area (Å²) < 4.78 is 0. The molecule has 1 aliphatic rings. The summed E-state index contributed by atoms with van der Waals surface area (Å²) in [6.07, 6.45) is 1.95. The van der Waals surface area contributed by atoms with Crippen LogP contribution in [-0.4, -0.2) is 48.9 Å². The van der Waals surface area contributed by atoms with Gasteiger partial charge in [-0.1, -0.05) is 37.3 Å². The zero-order chi connectivity index (χ0) is 13.7. The smallest absolute Gasteiger partial charge is 0.230 e. The van der Waals surface area contributed by atoms with Crippen molar-refractivity contribution in [2.75, 3.05) is 33.2 Å². The quantitative estimate of drug-likeness (QED) is 0.833. The number of carbonyl (C=O) groups excluding carboxylic acids is 1. The Morgan fingerprint density at radius 1 is 1.16 bits per heavy atom. The molecule has 3 heteroatoms. The number of likely N-dealkylation sites (N-methyl/N-ethyl adjacent to an activating group) is 1. The van der Waals surface area contributed by atoms with Gasteiger partial charge in [0.05, 0.1) is 5.92 Å². The van der Waals surface area contributed by atoms with Gasteiger partial charge in [0.1, 0.15) is 0 Å². The second-order valence-electron chi connectivity index (χ2n) is 5.35. The molecule has 19 heavy (non-hydrogen) atoms. The van der Waals surface area contributed by atoms with E-state index in [0.717, 1.165) is 44.6 Å². The fourth-order valence-corrected chi connectivity index (χ4v) is 2.73. The standard InChI is InChI=1S/C16H24N2O/c1-3-15(14-8-5-4-6-9-14)16(19)18-11-7-10-17(2)12-13-18/h4-6,8-9,15H,3,7,10-13H2,1-2H3. The number of benzene rings is 1. The number of carbonyl (C=O) groups is 1. The number of hydrogen-bond acceptors (Lipinski definition) is 2. The molecule has 0 spiro atoms. The minimum atomic E-state index is 0.0182. The second-order valence-corrected chi connectivity index (χ2v) is 5.35. The summed E-state index contributed by atoms with van der Waals surface area (Å²) in [5, 5.41) is 0. The molecule has 1 unspecified atom stereocenters. The SMILES string of the molecule is CCC(C(=O)N1CCCN(C)CC1)c1ccccc1. The Kier molecular flexibility index (Phi) is 4.97. The molecule has 1 heterocycles. The summed E-state index contributed by atoms with van der Waals surface area (Å²) in [5.74, 6) is 0.314. The highest BCUT2D eigenvalue weighted by Gasteiger charge is 2.25. The maximum atomic E-state index is 12.7.